The first-order valence-electron chi connectivity index (χ1n) is 13.2. The normalized spacial score (nSPS) is 20.3. The number of unbranched alkanes of at least 4 members (excludes halogenated alkanes) is 2. The first-order valence-corrected chi connectivity index (χ1v) is 13.2. The maximum Gasteiger partial charge on any atom is 0.333 e. The standard InChI is InChI=1S/C30H48O3/c1-7-9-10-11-26-16-17-28(20-25(26)8-2)27-14-12-24(13-15-27)18-19-30(5,21-32-6)22-33-29(31)23(3)4/h16-17,20,24,27H,3,7-15,18-19,21-22H2,1-2,4-6H3. The Hall–Kier alpha value is -1.61. The fourth-order valence-corrected chi connectivity index (χ4v) is 5.27. The van der Waals surface area contributed by atoms with E-state index in [2.05, 4.69) is 45.5 Å². The molecule has 0 N–H and O–H groups in total. The van der Waals surface area contributed by atoms with E-state index in [0.29, 0.717) is 24.7 Å². The number of aryl methyl sites for hydroxylation is 2. The lowest BCUT2D eigenvalue weighted by Crippen LogP contribution is -2.31. The molecule has 1 unspecified atom stereocenters. The van der Waals surface area contributed by atoms with Gasteiger partial charge in [-0.25, -0.2) is 4.79 Å². The molecule has 0 spiro atoms. The Labute approximate surface area is 203 Å². The SMILES string of the molecule is C=C(C)C(=O)OCC(C)(CCC1CCC(c2ccc(CCCCC)c(CC)c2)CC1)COC. The molecule has 0 saturated heterocycles. The van der Waals surface area contributed by atoms with Gasteiger partial charge in [0.25, 0.3) is 0 Å². The van der Waals surface area contributed by atoms with Crippen LogP contribution in [0.4, 0.5) is 0 Å². The molecule has 3 heteroatoms. The minimum atomic E-state index is -0.305. The lowest BCUT2D eigenvalue weighted by molar-refractivity contribution is -0.143. The molecule has 1 aromatic rings. The topological polar surface area (TPSA) is 35.5 Å². The molecule has 0 amide bonds. The second-order valence-electron chi connectivity index (χ2n) is 10.7. The van der Waals surface area contributed by atoms with E-state index in [4.69, 9.17) is 9.47 Å². The molecule has 0 bridgehead atoms. The summed E-state index contributed by atoms with van der Waals surface area (Å²) in [6.45, 7) is 13.1. The summed E-state index contributed by atoms with van der Waals surface area (Å²) in [7, 11) is 1.73. The second-order valence-corrected chi connectivity index (χ2v) is 10.7. The molecule has 1 fully saturated rings. The highest BCUT2D eigenvalue weighted by atomic mass is 16.5. The number of carbonyl (C=O) groups is 1. The largest absolute Gasteiger partial charge is 0.462 e. The van der Waals surface area contributed by atoms with Gasteiger partial charge in [-0.2, -0.15) is 0 Å². The lowest BCUT2D eigenvalue weighted by atomic mass is 9.74. The highest BCUT2D eigenvalue weighted by molar-refractivity contribution is 5.86. The number of carbonyl (C=O) groups excluding carboxylic acids is 1. The summed E-state index contributed by atoms with van der Waals surface area (Å²) in [5.74, 6) is 1.16. The average molecular weight is 457 g/mol. The van der Waals surface area contributed by atoms with Gasteiger partial charge in [0.2, 0.25) is 0 Å². The summed E-state index contributed by atoms with van der Waals surface area (Å²) < 4.78 is 10.9. The van der Waals surface area contributed by atoms with E-state index in [1.54, 1.807) is 30.7 Å². The third-order valence-electron chi connectivity index (χ3n) is 7.53. The van der Waals surface area contributed by atoms with Crippen LogP contribution < -0.4 is 0 Å². The van der Waals surface area contributed by atoms with Crippen LogP contribution in [-0.4, -0.2) is 26.3 Å². The van der Waals surface area contributed by atoms with Crippen LogP contribution in [0.2, 0.25) is 0 Å². The van der Waals surface area contributed by atoms with Gasteiger partial charge in [0.15, 0.2) is 0 Å². The van der Waals surface area contributed by atoms with Crippen molar-refractivity contribution in [1.82, 2.24) is 0 Å². The van der Waals surface area contributed by atoms with Crippen molar-refractivity contribution in [3.8, 4) is 0 Å². The Bertz CT molecular complexity index is 745. The number of esters is 1. The molecule has 1 aromatic carbocycles. The predicted molar refractivity (Wildman–Crippen MR) is 139 cm³/mol. The average Bonchev–Trinajstić information content (AvgIpc) is 2.82. The molecule has 33 heavy (non-hydrogen) atoms. The van der Waals surface area contributed by atoms with E-state index >= 15 is 0 Å². The van der Waals surface area contributed by atoms with Crippen LogP contribution in [0.15, 0.2) is 30.4 Å². The Morgan fingerprint density at radius 2 is 1.82 bits per heavy atom. The van der Waals surface area contributed by atoms with Crippen molar-refractivity contribution in [2.75, 3.05) is 20.3 Å². The van der Waals surface area contributed by atoms with Crippen molar-refractivity contribution in [3.05, 3.63) is 47.0 Å². The van der Waals surface area contributed by atoms with E-state index in [0.717, 1.165) is 18.8 Å². The van der Waals surface area contributed by atoms with Crippen LogP contribution in [-0.2, 0) is 27.1 Å². The number of ether oxygens (including phenoxy) is 2. The molecule has 2 rings (SSSR count). The van der Waals surface area contributed by atoms with Crippen LogP contribution in [0.5, 0.6) is 0 Å². The minimum Gasteiger partial charge on any atom is -0.462 e. The van der Waals surface area contributed by atoms with E-state index < -0.39 is 0 Å². The van der Waals surface area contributed by atoms with Crippen LogP contribution in [0.3, 0.4) is 0 Å². The van der Waals surface area contributed by atoms with Crippen molar-refractivity contribution in [2.24, 2.45) is 11.3 Å². The molecule has 0 aromatic heterocycles. The summed E-state index contributed by atoms with van der Waals surface area (Å²) in [5, 5.41) is 0. The molecule has 1 aliphatic carbocycles. The van der Waals surface area contributed by atoms with Crippen molar-refractivity contribution >= 4 is 5.97 Å². The molecular weight excluding hydrogens is 408 g/mol. The van der Waals surface area contributed by atoms with Gasteiger partial charge in [-0.1, -0.05) is 58.4 Å². The van der Waals surface area contributed by atoms with Crippen LogP contribution >= 0.6 is 0 Å². The quantitative estimate of drug-likeness (QED) is 0.163. The molecule has 0 aliphatic heterocycles. The first-order chi connectivity index (χ1) is 15.8. The van der Waals surface area contributed by atoms with Crippen LogP contribution in [0, 0.1) is 11.3 Å². The molecule has 0 heterocycles. The highest BCUT2D eigenvalue weighted by Gasteiger charge is 2.30. The second kappa shape index (κ2) is 13.9. The zero-order valence-electron chi connectivity index (χ0n) is 22.0. The number of methoxy groups -OCH3 is 1. The Kier molecular flexibility index (Phi) is 11.7. The Balaban J connectivity index is 1.87. The summed E-state index contributed by atoms with van der Waals surface area (Å²) in [5.41, 5.74) is 4.99. The van der Waals surface area contributed by atoms with E-state index in [1.807, 2.05) is 0 Å². The molecule has 186 valence electrons. The van der Waals surface area contributed by atoms with Crippen molar-refractivity contribution in [1.29, 1.82) is 0 Å². The zero-order valence-corrected chi connectivity index (χ0v) is 22.0. The fourth-order valence-electron chi connectivity index (χ4n) is 5.27. The Morgan fingerprint density at radius 1 is 1.09 bits per heavy atom. The van der Waals surface area contributed by atoms with Gasteiger partial charge in [-0.15, -0.1) is 0 Å². The molecule has 1 saturated carbocycles. The summed E-state index contributed by atoms with van der Waals surface area (Å²) in [6, 6.07) is 7.34. The highest BCUT2D eigenvalue weighted by Crippen LogP contribution is 2.40. The van der Waals surface area contributed by atoms with Crippen molar-refractivity contribution in [2.45, 2.75) is 104 Å². The van der Waals surface area contributed by atoms with Crippen molar-refractivity contribution in [3.63, 3.8) is 0 Å². The molecule has 0 radical (unpaired) electrons. The third kappa shape index (κ3) is 8.92. The van der Waals surface area contributed by atoms with Gasteiger partial charge in [-0.05, 0) is 93.2 Å². The number of hydrogen-bond donors (Lipinski definition) is 0. The molecule has 1 atom stereocenters. The van der Waals surface area contributed by atoms with Crippen LogP contribution in [0.25, 0.3) is 0 Å². The summed E-state index contributed by atoms with van der Waals surface area (Å²) in [6.07, 6.45) is 13.6. The van der Waals surface area contributed by atoms with Gasteiger partial charge in [-0.3, -0.25) is 0 Å². The van der Waals surface area contributed by atoms with Crippen LogP contribution in [0.1, 0.15) is 108 Å². The summed E-state index contributed by atoms with van der Waals surface area (Å²) >= 11 is 0. The first kappa shape index (κ1) is 27.6. The maximum atomic E-state index is 11.8. The zero-order chi connectivity index (χ0) is 24.3. The fraction of sp³-hybridized carbons (Fsp3) is 0.700. The van der Waals surface area contributed by atoms with Gasteiger partial charge in [0.1, 0.15) is 0 Å². The van der Waals surface area contributed by atoms with Gasteiger partial charge >= 0.3 is 5.97 Å². The van der Waals surface area contributed by atoms with Gasteiger partial charge in [0, 0.05) is 18.1 Å². The number of rotatable bonds is 14. The minimum absolute atomic E-state index is 0.139. The van der Waals surface area contributed by atoms with Crippen molar-refractivity contribution < 1.29 is 14.3 Å². The van der Waals surface area contributed by atoms with E-state index in [1.165, 1.54) is 57.8 Å². The molecule has 1 aliphatic rings. The molecular formula is C30H48O3. The number of benzene rings is 1. The molecule has 3 nitrogen and oxygen atoms in total. The van der Waals surface area contributed by atoms with Gasteiger partial charge in [0.05, 0.1) is 13.2 Å². The maximum absolute atomic E-state index is 11.8. The van der Waals surface area contributed by atoms with Gasteiger partial charge < -0.3 is 9.47 Å². The van der Waals surface area contributed by atoms with E-state index in [-0.39, 0.29) is 11.4 Å². The predicted octanol–water partition coefficient (Wildman–Crippen LogP) is 7.81. The summed E-state index contributed by atoms with van der Waals surface area (Å²) in [4.78, 5) is 11.8. The lowest BCUT2D eigenvalue weighted by Gasteiger charge is -2.33. The smallest absolute Gasteiger partial charge is 0.333 e. The number of hydrogen-bond acceptors (Lipinski definition) is 3. The Morgan fingerprint density at radius 3 is 2.42 bits per heavy atom. The monoisotopic (exact) mass is 456 g/mol. The third-order valence-corrected chi connectivity index (χ3v) is 7.53. The van der Waals surface area contributed by atoms with E-state index in [9.17, 15) is 4.79 Å².